The second-order valence-corrected chi connectivity index (χ2v) is 10.2. The van der Waals surface area contributed by atoms with E-state index in [2.05, 4.69) is 23.5 Å². The number of piperidine rings is 1. The minimum atomic E-state index is -0.266. The highest BCUT2D eigenvalue weighted by Gasteiger charge is 2.54. The second-order valence-electron chi connectivity index (χ2n) is 10.2. The number of likely N-dealkylation sites (tertiary alicyclic amines) is 1. The summed E-state index contributed by atoms with van der Waals surface area (Å²) in [6, 6.07) is 14.1. The first-order chi connectivity index (χ1) is 16.8. The van der Waals surface area contributed by atoms with Gasteiger partial charge in [-0.1, -0.05) is 50.2 Å². The van der Waals surface area contributed by atoms with E-state index in [0.29, 0.717) is 26.3 Å². The lowest BCUT2D eigenvalue weighted by Gasteiger charge is -2.44. The maximum Gasteiger partial charge on any atom is 0.254 e. The van der Waals surface area contributed by atoms with Gasteiger partial charge >= 0.3 is 0 Å². The molecule has 2 amide bonds. The van der Waals surface area contributed by atoms with Crippen LogP contribution in [0, 0.1) is 19.8 Å². The van der Waals surface area contributed by atoms with Crippen LogP contribution in [-0.2, 0) is 19.7 Å². The summed E-state index contributed by atoms with van der Waals surface area (Å²) in [6.07, 6.45) is 1.36. The molecule has 1 aliphatic heterocycles. The van der Waals surface area contributed by atoms with Gasteiger partial charge in [-0.05, 0) is 55.0 Å². The van der Waals surface area contributed by atoms with Gasteiger partial charge in [0.1, 0.15) is 0 Å². The molecule has 2 aromatic carbocycles. The van der Waals surface area contributed by atoms with Crippen molar-refractivity contribution in [1.82, 2.24) is 10.2 Å². The Balaban J connectivity index is 1.63. The van der Waals surface area contributed by atoms with Crippen molar-refractivity contribution in [1.29, 1.82) is 0 Å². The van der Waals surface area contributed by atoms with Crippen LogP contribution in [0.3, 0.4) is 0 Å². The zero-order valence-corrected chi connectivity index (χ0v) is 21.6. The van der Waals surface area contributed by atoms with Crippen LogP contribution in [0.1, 0.15) is 65.3 Å². The van der Waals surface area contributed by atoms with Crippen molar-refractivity contribution in [2.24, 2.45) is 5.92 Å². The van der Waals surface area contributed by atoms with Gasteiger partial charge < -0.3 is 19.7 Å². The molecular weight excluding hydrogens is 440 g/mol. The van der Waals surface area contributed by atoms with Crippen molar-refractivity contribution >= 4 is 11.8 Å². The van der Waals surface area contributed by atoms with E-state index < -0.39 is 0 Å². The van der Waals surface area contributed by atoms with Gasteiger partial charge in [-0.3, -0.25) is 9.59 Å². The number of methoxy groups -OCH3 is 1. The highest BCUT2D eigenvalue weighted by atomic mass is 16.5. The van der Waals surface area contributed by atoms with Gasteiger partial charge in [-0.2, -0.15) is 0 Å². The monoisotopic (exact) mass is 478 g/mol. The van der Waals surface area contributed by atoms with E-state index in [9.17, 15) is 9.59 Å². The molecule has 2 aromatic rings. The first-order valence-corrected chi connectivity index (χ1v) is 12.7. The molecule has 6 heteroatoms. The summed E-state index contributed by atoms with van der Waals surface area (Å²) >= 11 is 0. The van der Waals surface area contributed by atoms with Crippen molar-refractivity contribution in [3.63, 3.8) is 0 Å². The van der Waals surface area contributed by atoms with E-state index in [1.54, 1.807) is 7.11 Å². The number of amides is 2. The summed E-state index contributed by atoms with van der Waals surface area (Å²) in [5.41, 5.74) is 5.04. The maximum absolute atomic E-state index is 13.4. The third-order valence-corrected chi connectivity index (χ3v) is 7.86. The number of hydrogen-bond donors (Lipinski definition) is 1. The summed E-state index contributed by atoms with van der Waals surface area (Å²) in [4.78, 5) is 28.2. The molecule has 0 bridgehead atoms. The summed E-state index contributed by atoms with van der Waals surface area (Å²) in [5.74, 6) is -0.00560. The topological polar surface area (TPSA) is 67.9 Å². The number of carbonyl (C=O) groups is 2. The Morgan fingerprint density at radius 3 is 2.46 bits per heavy atom. The minimum absolute atomic E-state index is 0.0183. The molecule has 1 aliphatic carbocycles. The van der Waals surface area contributed by atoms with E-state index in [0.717, 1.165) is 35.1 Å². The molecule has 1 fully saturated rings. The average molecular weight is 479 g/mol. The third kappa shape index (κ3) is 4.74. The van der Waals surface area contributed by atoms with Crippen LogP contribution >= 0.6 is 0 Å². The number of aryl methyl sites for hydroxylation is 1. The van der Waals surface area contributed by atoms with Crippen molar-refractivity contribution in [3.05, 3.63) is 70.3 Å². The molecule has 0 unspecified atom stereocenters. The van der Waals surface area contributed by atoms with Gasteiger partial charge in [-0.25, -0.2) is 0 Å². The summed E-state index contributed by atoms with van der Waals surface area (Å²) in [5, 5.41) is 3.27. The number of ether oxygens (including phenoxy) is 2. The standard InChI is InChI=1S/C29H38N2O4/c1-19(2)27(32)30-25-23-10-6-7-12-24(23)29(26(25)35-18-17-34-5)13-15-31(16-14-29)28(33)22-11-8-9-20(3)21(22)4/h6-12,19,25-26H,13-18H2,1-5H3,(H,30,32)/t25-,26+/m0/s1. The zero-order valence-electron chi connectivity index (χ0n) is 21.6. The first kappa shape index (κ1) is 25.4. The Morgan fingerprint density at radius 1 is 1.06 bits per heavy atom. The predicted octanol–water partition coefficient (Wildman–Crippen LogP) is 4.34. The molecule has 1 spiro atoms. The summed E-state index contributed by atoms with van der Waals surface area (Å²) in [6.45, 7) is 10.1. The Kier molecular flexibility index (Phi) is 7.62. The molecule has 0 radical (unpaired) electrons. The SMILES string of the molecule is COCCO[C@@H]1[C@@H](NC(=O)C(C)C)c2ccccc2C12CCN(C(=O)c1cccc(C)c1C)CC2. The van der Waals surface area contributed by atoms with Crippen LogP contribution in [0.5, 0.6) is 0 Å². The lowest BCUT2D eigenvalue weighted by atomic mass is 9.71. The van der Waals surface area contributed by atoms with Crippen LogP contribution in [0.2, 0.25) is 0 Å². The van der Waals surface area contributed by atoms with Crippen LogP contribution in [-0.4, -0.2) is 56.2 Å². The molecular formula is C29H38N2O4. The van der Waals surface area contributed by atoms with Crippen molar-refractivity contribution in [2.45, 2.75) is 58.1 Å². The molecule has 0 saturated carbocycles. The molecule has 6 nitrogen and oxygen atoms in total. The van der Waals surface area contributed by atoms with Crippen LogP contribution in [0.25, 0.3) is 0 Å². The van der Waals surface area contributed by atoms with Gasteiger partial charge in [0.05, 0.1) is 25.4 Å². The third-order valence-electron chi connectivity index (χ3n) is 7.86. The van der Waals surface area contributed by atoms with Crippen molar-refractivity contribution < 1.29 is 19.1 Å². The Labute approximate surface area is 209 Å². The molecule has 35 heavy (non-hydrogen) atoms. The number of benzene rings is 2. The van der Waals surface area contributed by atoms with E-state index in [1.165, 1.54) is 5.56 Å². The number of fused-ring (bicyclic) bond motifs is 2. The van der Waals surface area contributed by atoms with Gasteiger partial charge in [0.15, 0.2) is 0 Å². The molecule has 1 saturated heterocycles. The number of nitrogens with zero attached hydrogens (tertiary/aromatic N) is 1. The minimum Gasteiger partial charge on any atom is -0.382 e. The lowest BCUT2D eigenvalue weighted by molar-refractivity contribution is -0.127. The maximum atomic E-state index is 13.4. The summed E-state index contributed by atoms with van der Waals surface area (Å²) in [7, 11) is 1.66. The Hall–Kier alpha value is -2.70. The van der Waals surface area contributed by atoms with Crippen molar-refractivity contribution in [2.75, 3.05) is 33.4 Å². The molecule has 2 aliphatic rings. The fourth-order valence-electron chi connectivity index (χ4n) is 5.66. The van der Waals surface area contributed by atoms with Gasteiger partial charge in [-0.15, -0.1) is 0 Å². The largest absolute Gasteiger partial charge is 0.382 e. The predicted molar refractivity (Wildman–Crippen MR) is 137 cm³/mol. The van der Waals surface area contributed by atoms with E-state index in [1.807, 2.05) is 56.9 Å². The van der Waals surface area contributed by atoms with Gasteiger partial charge in [0.2, 0.25) is 5.91 Å². The van der Waals surface area contributed by atoms with E-state index in [-0.39, 0.29) is 35.3 Å². The van der Waals surface area contributed by atoms with Crippen LogP contribution < -0.4 is 5.32 Å². The molecule has 0 aromatic heterocycles. The second kappa shape index (κ2) is 10.5. The van der Waals surface area contributed by atoms with Crippen LogP contribution in [0.4, 0.5) is 0 Å². The quantitative estimate of drug-likeness (QED) is 0.602. The van der Waals surface area contributed by atoms with Gasteiger partial charge in [0, 0.05) is 37.1 Å². The highest BCUT2D eigenvalue weighted by Crippen LogP contribution is 2.52. The smallest absolute Gasteiger partial charge is 0.254 e. The molecule has 2 atom stereocenters. The number of nitrogens with one attached hydrogen (secondary N) is 1. The average Bonchev–Trinajstić information content (AvgIpc) is 3.10. The Morgan fingerprint density at radius 2 is 1.77 bits per heavy atom. The number of rotatable bonds is 7. The van der Waals surface area contributed by atoms with E-state index in [4.69, 9.17) is 9.47 Å². The lowest BCUT2D eigenvalue weighted by Crippen LogP contribution is -2.52. The fraction of sp³-hybridized carbons (Fsp3) is 0.517. The van der Waals surface area contributed by atoms with E-state index >= 15 is 0 Å². The molecule has 188 valence electrons. The normalized spacial score (nSPS) is 20.8. The van der Waals surface area contributed by atoms with Gasteiger partial charge in [0.25, 0.3) is 5.91 Å². The number of carbonyl (C=O) groups excluding carboxylic acids is 2. The fourth-order valence-corrected chi connectivity index (χ4v) is 5.66. The Bertz CT molecular complexity index is 1070. The highest BCUT2D eigenvalue weighted by molar-refractivity contribution is 5.96. The zero-order chi connectivity index (χ0) is 25.2. The number of hydrogen-bond acceptors (Lipinski definition) is 4. The first-order valence-electron chi connectivity index (χ1n) is 12.7. The van der Waals surface area contributed by atoms with Crippen LogP contribution in [0.15, 0.2) is 42.5 Å². The van der Waals surface area contributed by atoms with Crippen molar-refractivity contribution in [3.8, 4) is 0 Å². The molecule has 1 N–H and O–H groups in total. The molecule has 1 heterocycles. The summed E-state index contributed by atoms with van der Waals surface area (Å²) < 4.78 is 11.7. The molecule has 4 rings (SSSR count).